The second kappa shape index (κ2) is 6.40. The number of aliphatic hydroxyl groups is 1. The third-order valence-corrected chi connectivity index (χ3v) is 3.96. The number of fused-ring (bicyclic) bond motifs is 1. The number of ether oxygens (including phenoxy) is 1. The molecule has 2 rings (SSSR count). The number of hydrogen-bond donors (Lipinski definition) is 2. The van der Waals surface area contributed by atoms with Crippen LogP contribution in [0.4, 0.5) is 0 Å². The van der Waals surface area contributed by atoms with Crippen LogP contribution in [0.3, 0.4) is 0 Å². The fourth-order valence-electron chi connectivity index (χ4n) is 2.81. The first-order valence-electron chi connectivity index (χ1n) is 7.38. The minimum Gasteiger partial charge on any atom is -0.490 e. The van der Waals surface area contributed by atoms with Crippen molar-refractivity contribution in [3.8, 4) is 5.75 Å². The Morgan fingerprint density at radius 2 is 2.11 bits per heavy atom. The number of nitrogens with two attached hydrogens (primary N) is 1. The van der Waals surface area contributed by atoms with E-state index in [1.54, 1.807) is 0 Å². The molecule has 3 N–H and O–H groups in total. The minimum absolute atomic E-state index is 0.0836. The molecule has 1 heterocycles. The van der Waals surface area contributed by atoms with Gasteiger partial charge in [0.2, 0.25) is 0 Å². The topological polar surface area (TPSA) is 55.5 Å². The van der Waals surface area contributed by atoms with Crippen LogP contribution < -0.4 is 10.5 Å². The summed E-state index contributed by atoms with van der Waals surface area (Å²) in [5.74, 6) is 0.794. The molecule has 0 fully saturated rings. The summed E-state index contributed by atoms with van der Waals surface area (Å²) in [7, 11) is 0. The Labute approximate surface area is 115 Å². The molecule has 19 heavy (non-hydrogen) atoms. The summed E-state index contributed by atoms with van der Waals surface area (Å²) in [5, 5.41) is 10.7. The van der Waals surface area contributed by atoms with Gasteiger partial charge in [-0.15, -0.1) is 0 Å². The predicted molar refractivity (Wildman–Crippen MR) is 77.2 cm³/mol. The summed E-state index contributed by atoms with van der Waals surface area (Å²) in [4.78, 5) is 0. The van der Waals surface area contributed by atoms with Crippen LogP contribution in [0, 0.1) is 0 Å². The molecule has 0 aromatic heterocycles. The molecule has 0 amide bonds. The van der Waals surface area contributed by atoms with E-state index in [2.05, 4.69) is 6.92 Å². The monoisotopic (exact) mass is 263 g/mol. The molecule has 1 aromatic carbocycles. The van der Waals surface area contributed by atoms with Crippen molar-refractivity contribution < 1.29 is 9.84 Å². The lowest BCUT2D eigenvalue weighted by molar-refractivity contribution is -0.0261. The van der Waals surface area contributed by atoms with Crippen molar-refractivity contribution in [2.24, 2.45) is 5.73 Å². The first-order chi connectivity index (χ1) is 9.19. The van der Waals surface area contributed by atoms with Crippen LogP contribution in [0.15, 0.2) is 24.3 Å². The van der Waals surface area contributed by atoms with Crippen molar-refractivity contribution in [2.45, 2.75) is 57.2 Å². The predicted octanol–water partition coefficient (Wildman–Crippen LogP) is 2.95. The number of hydrogen-bond acceptors (Lipinski definition) is 3. The van der Waals surface area contributed by atoms with Crippen LogP contribution in [0.2, 0.25) is 0 Å². The van der Waals surface area contributed by atoms with E-state index in [1.807, 2.05) is 24.3 Å². The summed E-state index contributed by atoms with van der Waals surface area (Å²) in [6.45, 7) is 2.46. The summed E-state index contributed by atoms with van der Waals surface area (Å²) in [6, 6.07) is 7.70. The molecule has 0 saturated heterocycles. The molecule has 0 aliphatic carbocycles. The van der Waals surface area contributed by atoms with Gasteiger partial charge in [-0.1, -0.05) is 44.4 Å². The number of rotatable bonds is 6. The molecule has 2 atom stereocenters. The van der Waals surface area contributed by atoms with Crippen molar-refractivity contribution in [2.75, 3.05) is 6.54 Å². The maximum absolute atomic E-state index is 10.7. The van der Waals surface area contributed by atoms with Crippen LogP contribution in [-0.4, -0.2) is 17.8 Å². The number of unbranched alkanes of at least 4 members (excludes halogenated alkanes) is 3. The van der Waals surface area contributed by atoms with Crippen LogP contribution >= 0.6 is 0 Å². The highest BCUT2D eigenvalue weighted by Crippen LogP contribution is 2.39. The van der Waals surface area contributed by atoms with E-state index >= 15 is 0 Å². The number of benzene rings is 1. The minimum atomic E-state index is -0.926. The average Bonchev–Trinajstić information content (AvgIpc) is 2.44. The van der Waals surface area contributed by atoms with Gasteiger partial charge in [-0.05, 0) is 18.9 Å². The molecule has 3 heteroatoms. The van der Waals surface area contributed by atoms with Crippen molar-refractivity contribution in [3.63, 3.8) is 0 Å². The van der Waals surface area contributed by atoms with Crippen molar-refractivity contribution in [1.29, 1.82) is 0 Å². The zero-order valence-corrected chi connectivity index (χ0v) is 11.8. The first kappa shape index (κ1) is 14.4. The van der Waals surface area contributed by atoms with Gasteiger partial charge in [0, 0.05) is 18.5 Å². The Hall–Kier alpha value is -1.06. The largest absolute Gasteiger partial charge is 0.490 e. The second-order valence-corrected chi connectivity index (χ2v) is 5.53. The van der Waals surface area contributed by atoms with Crippen LogP contribution in [0.1, 0.15) is 51.0 Å². The van der Waals surface area contributed by atoms with Gasteiger partial charge in [-0.25, -0.2) is 0 Å². The molecule has 106 valence electrons. The highest BCUT2D eigenvalue weighted by Gasteiger charge is 2.38. The summed E-state index contributed by atoms with van der Waals surface area (Å²) in [5.41, 5.74) is 5.69. The van der Waals surface area contributed by atoms with E-state index in [1.165, 1.54) is 19.3 Å². The molecule has 0 spiro atoms. The van der Waals surface area contributed by atoms with Gasteiger partial charge in [0.15, 0.2) is 0 Å². The van der Waals surface area contributed by atoms with Crippen LogP contribution in [0.25, 0.3) is 0 Å². The third kappa shape index (κ3) is 3.28. The lowest BCUT2D eigenvalue weighted by atomic mass is 9.84. The van der Waals surface area contributed by atoms with Gasteiger partial charge in [-0.2, -0.15) is 0 Å². The van der Waals surface area contributed by atoms with E-state index in [9.17, 15) is 5.11 Å². The Morgan fingerprint density at radius 3 is 2.84 bits per heavy atom. The molecule has 2 unspecified atom stereocenters. The van der Waals surface area contributed by atoms with E-state index in [4.69, 9.17) is 10.5 Å². The molecule has 1 aliphatic rings. The molecule has 0 radical (unpaired) electrons. The Bertz CT molecular complexity index is 407. The SMILES string of the molecule is CCCCCCC1CC(O)(CN)c2ccccc2O1. The second-order valence-electron chi connectivity index (χ2n) is 5.53. The Balaban J connectivity index is 2.04. The molecule has 1 aromatic rings. The van der Waals surface area contributed by atoms with Crippen molar-refractivity contribution in [1.82, 2.24) is 0 Å². The average molecular weight is 263 g/mol. The first-order valence-corrected chi connectivity index (χ1v) is 7.38. The fraction of sp³-hybridized carbons (Fsp3) is 0.625. The fourth-order valence-corrected chi connectivity index (χ4v) is 2.81. The number of para-hydroxylation sites is 1. The lowest BCUT2D eigenvalue weighted by Gasteiger charge is -2.38. The van der Waals surface area contributed by atoms with Gasteiger partial charge in [0.05, 0.1) is 0 Å². The van der Waals surface area contributed by atoms with Gasteiger partial charge in [-0.3, -0.25) is 0 Å². The summed E-state index contributed by atoms with van der Waals surface area (Å²) >= 11 is 0. The molecule has 1 aliphatic heterocycles. The van der Waals surface area contributed by atoms with Crippen molar-refractivity contribution >= 4 is 0 Å². The highest BCUT2D eigenvalue weighted by atomic mass is 16.5. The van der Waals surface area contributed by atoms with E-state index in [0.29, 0.717) is 6.42 Å². The third-order valence-electron chi connectivity index (χ3n) is 3.96. The van der Waals surface area contributed by atoms with Crippen molar-refractivity contribution in [3.05, 3.63) is 29.8 Å². The van der Waals surface area contributed by atoms with E-state index in [0.717, 1.165) is 24.2 Å². The molecule has 0 bridgehead atoms. The molecular formula is C16H25NO2. The van der Waals surface area contributed by atoms with Gasteiger partial charge >= 0.3 is 0 Å². The van der Waals surface area contributed by atoms with E-state index < -0.39 is 5.60 Å². The smallest absolute Gasteiger partial charge is 0.125 e. The molecular weight excluding hydrogens is 238 g/mol. The van der Waals surface area contributed by atoms with E-state index in [-0.39, 0.29) is 12.6 Å². The molecule has 3 nitrogen and oxygen atoms in total. The van der Waals surface area contributed by atoms with Crippen LogP contribution in [0.5, 0.6) is 5.75 Å². The standard InChI is InChI=1S/C16H25NO2/c1-2-3-4-5-8-13-11-16(18,12-17)14-9-6-7-10-15(14)19-13/h6-7,9-10,13,18H,2-5,8,11-12,17H2,1H3. The van der Waals surface area contributed by atoms with Gasteiger partial charge in [0.25, 0.3) is 0 Å². The van der Waals surface area contributed by atoms with Gasteiger partial charge < -0.3 is 15.6 Å². The van der Waals surface area contributed by atoms with Crippen LogP contribution in [-0.2, 0) is 5.60 Å². The summed E-state index contributed by atoms with van der Waals surface area (Å²) < 4.78 is 5.99. The zero-order chi connectivity index (χ0) is 13.7. The highest BCUT2D eigenvalue weighted by molar-refractivity contribution is 5.40. The van der Waals surface area contributed by atoms with Gasteiger partial charge in [0.1, 0.15) is 17.5 Å². The quantitative estimate of drug-likeness (QED) is 0.776. The maximum atomic E-state index is 10.7. The Kier molecular flexibility index (Phi) is 4.83. The maximum Gasteiger partial charge on any atom is 0.125 e. The Morgan fingerprint density at radius 1 is 1.32 bits per heavy atom. The molecule has 0 saturated carbocycles. The normalized spacial score (nSPS) is 25.7. The lowest BCUT2D eigenvalue weighted by Crippen LogP contribution is -2.43. The summed E-state index contributed by atoms with van der Waals surface area (Å²) in [6.07, 6.45) is 6.58. The zero-order valence-electron chi connectivity index (χ0n) is 11.8.